The van der Waals surface area contributed by atoms with Crippen LogP contribution in [-0.4, -0.2) is 49.6 Å². The van der Waals surface area contributed by atoms with Crippen molar-refractivity contribution in [1.29, 1.82) is 0 Å². The molecule has 170 valence electrons. The van der Waals surface area contributed by atoms with Crippen LogP contribution in [0.2, 0.25) is 0 Å². The molecule has 1 aromatic heterocycles. The number of rotatable bonds is 5. The zero-order valence-electron chi connectivity index (χ0n) is 18.2. The van der Waals surface area contributed by atoms with Crippen molar-refractivity contribution in [3.05, 3.63) is 59.5 Å². The number of methoxy groups -OCH3 is 1. The van der Waals surface area contributed by atoms with Gasteiger partial charge in [0.25, 0.3) is 5.91 Å². The number of hydrogen-bond acceptors (Lipinski definition) is 6. The second-order valence-electron chi connectivity index (χ2n) is 7.90. The summed E-state index contributed by atoms with van der Waals surface area (Å²) >= 11 is 1.42. The standard InChI is InChI=1S/C25H24N2O5S/c1-30-18-7-5-17(6-8-18)26-24(28)19-3-2-12-27(19)25(29)23-11-10-22(33-23)16-4-9-20-21(15-16)32-14-13-31-20/h4-11,15,19H,2-3,12-14H2,1H3,(H,26,28). The molecule has 0 saturated carbocycles. The van der Waals surface area contributed by atoms with Crippen LogP contribution in [0.5, 0.6) is 17.2 Å². The van der Waals surface area contributed by atoms with Crippen molar-refractivity contribution in [3.8, 4) is 27.7 Å². The number of likely N-dealkylation sites (tertiary alicyclic amines) is 1. The van der Waals surface area contributed by atoms with Gasteiger partial charge in [0.1, 0.15) is 25.0 Å². The first-order valence-corrected chi connectivity index (χ1v) is 11.7. The molecule has 0 bridgehead atoms. The van der Waals surface area contributed by atoms with E-state index in [9.17, 15) is 9.59 Å². The Bertz CT molecular complexity index is 1170. The fraction of sp³-hybridized carbons (Fsp3) is 0.280. The van der Waals surface area contributed by atoms with Gasteiger partial charge in [0.2, 0.25) is 5.91 Å². The van der Waals surface area contributed by atoms with E-state index in [2.05, 4.69) is 5.32 Å². The monoisotopic (exact) mass is 464 g/mol. The maximum Gasteiger partial charge on any atom is 0.264 e. The molecular weight excluding hydrogens is 440 g/mol. The second kappa shape index (κ2) is 9.15. The molecule has 33 heavy (non-hydrogen) atoms. The summed E-state index contributed by atoms with van der Waals surface area (Å²) in [6.07, 6.45) is 1.45. The van der Waals surface area contributed by atoms with Gasteiger partial charge in [-0.2, -0.15) is 0 Å². The van der Waals surface area contributed by atoms with Crippen LogP contribution in [0.1, 0.15) is 22.5 Å². The molecule has 8 heteroatoms. The van der Waals surface area contributed by atoms with E-state index in [1.807, 2.05) is 30.3 Å². The molecule has 5 rings (SSSR count). The molecule has 3 heterocycles. The normalized spacial score (nSPS) is 17.0. The summed E-state index contributed by atoms with van der Waals surface area (Å²) in [6.45, 7) is 1.64. The average molecular weight is 465 g/mol. The Hall–Kier alpha value is -3.52. The van der Waals surface area contributed by atoms with E-state index in [1.165, 1.54) is 11.3 Å². The van der Waals surface area contributed by atoms with Crippen LogP contribution in [0, 0.1) is 0 Å². The molecule has 1 atom stereocenters. The molecule has 0 aliphatic carbocycles. The van der Waals surface area contributed by atoms with Crippen LogP contribution in [0.4, 0.5) is 5.69 Å². The maximum absolute atomic E-state index is 13.3. The topological polar surface area (TPSA) is 77.1 Å². The summed E-state index contributed by atoms with van der Waals surface area (Å²) in [6, 6.07) is 16.2. The van der Waals surface area contributed by atoms with Crippen LogP contribution < -0.4 is 19.5 Å². The van der Waals surface area contributed by atoms with E-state index in [0.717, 1.165) is 34.1 Å². The lowest BCUT2D eigenvalue weighted by atomic mass is 10.1. The number of anilines is 1. The third-order valence-corrected chi connectivity index (χ3v) is 6.94. The number of thiophene rings is 1. The van der Waals surface area contributed by atoms with E-state index >= 15 is 0 Å². The summed E-state index contributed by atoms with van der Waals surface area (Å²) in [5.74, 6) is 1.89. The predicted molar refractivity (Wildman–Crippen MR) is 126 cm³/mol. The lowest BCUT2D eigenvalue weighted by Crippen LogP contribution is -2.42. The fourth-order valence-corrected chi connectivity index (χ4v) is 5.09. The number of nitrogens with one attached hydrogen (secondary N) is 1. The zero-order chi connectivity index (χ0) is 22.8. The molecular formula is C25H24N2O5S. The third kappa shape index (κ3) is 4.39. The van der Waals surface area contributed by atoms with Crippen molar-refractivity contribution in [2.45, 2.75) is 18.9 Å². The Labute approximate surface area is 195 Å². The first kappa shape index (κ1) is 21.3. The van der Waals surface area contributed by atoms with Crippen LogP contribution in [-0.2, 0) is 4.79 Å². The minimum absolute atomic E-state index is 0.115. The van der Waals surface area contributed by atoms with Crippen molar-refractivity contribution < 1.29 is 23.8 Å². The summed E-state index contributed by atoms with van der Waals surface area (Å²) in [4.78, 5) is 29.5. The van der Waals surface area contributed by atoms with Crippen LogP contribution >= 0.6 is 11.3 Å². The molecule has 2 aromatic carbocycles. The minimum atomic E-state index is -0.487. The van der Waals surface area contributed by atoms with Gasteiger partial charge in [-0.3, -0.25) is 9.59 Å². The number of hydrogen-bond donors (Lipinski definition) is 1. The summed E-state index contributed by atoms with van der Waals surface area (Å²) in [5, 5.41) is 2.92. The number of nitrogens with zero attached hydrogens (tertiary/aromatic N) is 1. The van der Waals surface area contributed by atoms with Gasteiger partial charge < -0.3 is 24.4 Å². The first-order valence-electron chi connectivity index (χ1n) is 10.9. The van der Waals surface area contributed by atoms with Crippen molar-refractivity contribution >= 4 is 28.8 Å². The smallest absolute Gasteiger partial charge is 0.264 e. The second-order valence-corrected chi connectivity index (χ2v) is 8.98. The van der Waals surface area contributed by atoms with Gasteiger partial charge in [-0.1, -0.05) is 0 Å². The molecule has 7 nitrogen and oxygen atoms in total. The van der Waals surface area contributed by atoms with Crippen molar-refractivity contribution in [2.24, 2.45) is 0 Å². The fourth-order valence-electron chi connectivity index (χ4n) is 4.13. The van der Waals surface area contributed by atoms with Crippen molar-refractivity contribution in [2.75, 3.05) is 32.2 Å². The SMILES string of the molecule is COc1ccc(NC(=O)C2CCCN2C(=O)c2ccc(-c3ccc4c(c3)OCCO4)s2)cc1. The lowest BCUT2D eigenvalue weighted by Gasteiger charge is -2.23. The molecule has 1 saturated heterocycles. The summed E-state index contributed by atoms with van der Waals surface area (Å²) in [5.41, 5.74) is 1.65. The van der Waals surface area contributed by atoms with Crippen LogP contribution in [0.25, 0.3) is 10.4 Å². The Balaban J connectivity index is 1.29. The summed E-state index contributed by atoms with van der Waals surface area (Å²) in [7, 11) is 1.60. The predicted octanol–water partition coefficient (Wildman–Crippen LogP) is 4.44. The minimum Gasteiger partial charge on any atom is -0.497 e. The number of carbonyl (C=O) groups excluding carboxylic acids is 2. The molecule has 1 fully saturated rings. The maximum atomic E-state index is 13.3. The molecule has 1 N–H and O–H groups in total. The molecule has 2 aliphatic heterocycles. The van der Waals surface area contributed by atoms with Gasteiger partial charge in [-0.25, -0.2) is 0 Å². The van der Waals surface area contributed by atoms with Gasteiger partial charge >= 0.3 is 0 Å². The average Bonchev–Trinajstić information content (AvgIpc) is 3.54. The number of carbonyl (C=O) groups is 2. The summed E-state index contributed by atoms with van der Waals surface area (Å²) < 4.78 is 16.4. The highest BCUT2D eigenvalue weighted by atomic mass is 32.1. The van der Waals surface area contributed by atoms with Crippen LogP contribution in [0.3, 0.4) is 0 Å². The molecule has 1 unspecified atom stereocenters. The van der Waals surface area contributed by atoms with E-state index in [4.69, 9.17) is 14.2 Å². The quantitative estimate of drug-likeness (QED) is 0.604. The van der Waals surface area contributed by atoms with E-state index in [1.54, 1.807) is 36.3 Å². The third-order valence-electron chi connectivity index (χ3n) is 5.82. The van der Waals surface area contributed by atoms with Gasteiger partial charge in [-0.05, 0) is 73.0 Å². The van der Waals surface area contributed by atoms with Gasteiger partial charge in [0, 0.05) is 17.1 Å². The highest BCUT2D eigenvalue weighted by Crippen LogP contribution is 2.37. The Morgan fingerprint density at radius 1 is 1.03 bits per heavy atom. The number of fused-ring (bicyclic) bond motifs is 1. The molecule has 2 amide bonds. The van der Waals surface area contributed by atoms with Crippen LogP contribution in [0.15, 0.2) is 54.6 Å². The van der Waals surface area contributed by atoms with Gasteiger partial charge in [0.05, 0.1) is 12.0 Å². The van der Waals surface area contributed by atoms with Gasteiger partial charge in [-0.15, -0.1) is 11.3 Å². The first-order chi connectivity index (χ1) is 16.1. The Morgan fingerprint density at radius 2 is 1.82 bits per heavy atom. The van der Waals surface area contributed by atoms with E-state index in [0.29, 0.717) is 36.7 Å². The number of amides is 2. The molecule has 2 aliphatic rings. The molecule has 0 spiro atoms. The highest BCUT2D eigenvalue weighted by Gasteiger charge is 2.35. The lowest BCUT2D eigenvalue weighted by molar-refractivity contribution is -0.119. The Kier molecular flexibility index (Phi) is 5.92. The van der Waals surface area contributed by atoms with Crippen molar-refractivity contribution in [1.82, 2.24) is 4.90 Å². The number of ether oxygens (including phenoxy) is 3. The number of benzene rings is 2. The van der Waals surface area contributed by atoms with E-state index < -0.39 is 6.04 Å². The zero-order valence-corrected chi connectivity index (χ0v) is 19.0. The molecule has 0 radical (unpaired) electrons. The highest BCUT2D eigenvalue weighted by molar-refractivity contribution is 7.17. The largest absolute Gasteiger partial charge is 0.497 e. The van der Waals surface area contributed by atoms with Gasteiger partial charge in [0.15, 0.2) is 11.5 Å². The molecule has 3 aromatic rings. The Morgan fingerprint density at radius 3 is 2.61 bits per heavy atom. The van der Waals surface area contributed by atoms with Crippen molar-refractivity contribution in [3.63, 3.8) is 0 Å². The van der Waals surface area contributed by atoms with E-state index in [-0.39, 0.29) is 11.8 Å².